The second-order valence-corrected chi connectivity index (χ2v) is 5.69. The van der Waals surface area contributed by atoms with Crippen molar-refractivity contribution in [3.05, 3.63) is 0 Å². The third kappa shape index (κ3) is 13.3. The van der Waals surface area contributed by atoms with Crippen LogP contribution >= 0.6 is 0 Å². The summed E-state index contributed by atoms with van der Waals surface area (Å²) in [5.74, 6) is 0. The van der Waals surface area contributed by atoms with Gasteiger partial charge in [-0.15, -0.1) is 0 Å². The highest BCUT2D eigenvalue weighted by Crippen LogP contribution is 2.06. The molecule has 2 N–H and O–H groups in total. The fraction of sp³-hybridized carbons (Fsp3) is 0.923. The minimum absolute atomic E-state index is 0.338. The monoisotopic (exact) mass is 259 g/mol. The highest BCUT2D eigenvalue weighted by Gasteiger charge is 2.15. The summed E-state index contributed by atoms with van der Waals surface area (Å²) >= 11 is 0. The first-order chi connectivity index (χ1) is 8.31. The SMILES string of the molecule is CN(C)CCCNCCCNC(=O)OC(C)(C)C. The second-order valence-electron chi connectivity index (χ2n) is 5.69. The van der Waals surface area contributed by atoms with E-state index in [0.717, 1.165) is 32.5 Å². The summed E-state index contributed by atoms with van der Waals surface area (Å²) < 4.78 is 5.13. The van der Waals surface area contributed by atoms with Crippen molar-refractivity contribution in [3.8, 4) is 0 Å². The fourth-order valence-corrected chi connectivity index (χ4v) is 1.36. The van der Waals surface area contributed by atoms with Crippen LogP contribution in [0.4, 0.5) is 4.79 Å². The van der Waals surface area contributed by atoms with Crippen LogP contribution in [0, 0.1) is 0 Å². The van der Waals surface area contributed by atoms with Gasteiger partial charge in [0, 0.05) is 6.54 Å². The number of rotatable bonds is 8. The van der Waals surface area contributed by atoms with Crippen molar-refractivity contribution < 1.29 is 9.53 Å². The normalized spacial score (nSPS) is 11.7. The lowest BCUT2D eigenvalue weighted by molar-refractivity contribution is 0.0527. The van der Waals surface area contributed by atoms with Crippen LogP contribution in [0.5, 0.6) is 0 Å². The molecule has 0 heterocycles. The van der Waals surface area contributed by atoms with Gasteiger partial charge in [-0.2, -0.15) is 0 Å². The highest BCUT2D eigenvalue weighted by molar-refractivity contribution is 5.67. The van der Waals surface area contributed by atoms with E-state index >= 15 is 0 Å². The topological polar surface area (TPSA) is 53.6 Å². The van der Waals surface area contributed by atoms with Crippen LogP contribution in [-0.4, -0.2) is 56.9 Å². The van der Waals surface area contributed by atoms with Crippen LogP contribution in [-0.2, 0) is 4.74 Å². The molecule has 0 spiro atoms. The summed E-state index contributed by atoms with van der Waals surface area (Å²) in [6.07, 6.45) is 1.73. The first-order valence-electron chi connectivity index (χ1n) is 6.63. The number of hydrogen-bond acceptors (Lipinski definition) is 4. The summed E-state index contributed by atoms with van der Waals surface area (Å²) in [6.45, 7) is 9.27. The Bertz CT molecular complexity index is 225. The molecule has 0 aromatic carbocycles. The zero-order chi connectivity index (χ0) is 14.0. The van der Waals surface area contributed by atoms with Crippen molar-refractivity contribution in [1.82, 2.24) is 15.5 Å². The van der Waals surface area contributed by atoms with E-state index in [2.05, 4.69) is 29.6 Å². The lowest BCUT2D eigenvalue weighted by Crippen LogP contribution is -2.34. The van der Waals surface area contributed by atoms with Crippen molar-refractivity contribution in [3.63, 3.8) is 0 Å². The molecule has 0 atom stereocenters. The average Bonchev–Trinajstić information content (AvgIpc) is 2.18. The Kier molecular flexibility index (Phi) is 8.75. The quantitative estimate of drug-likeness (QED) is 0.648. The van der Waals surface area contributed by atoms with Crippen LogP contribution in [0.15, 0.2) is 0 Å². The fourth-order valence-electron chi connectivity index (χ4n) is 1.36. The molecule has 0 radical (unpaired) electrons. The number of carbonyl (C=O) groups is 1. The molecule has 0 aliphatic heterocycles. The summed E-state index contributed by atoms with van der Waals surface area (Å²) in [6, 6.07) is 0. The van der Waals surface area contributed by atoms with E-state index in [4.69, 9.17) is 4.74 Å². The van der Waals surface area contributed by atoms with Crippen LogP contribution < -0.4 is 10.6 Å². The first-order valence-corrected chi connectivity index (χ1v) is 6.63. The van der Waals surface area contributed by atoms with Crippen molar-refractivity contribution in [2.24, 2.45) is 0 Å². The molecule has 1 amide bonds. The number of ether oxygens (including phenoxy) is 1. The molecule has 0 unspecified atom stereocenters. The van der Waals surface area contributed by atoms with E-state index < -0.39 is 5.60 Å². The summed E-state index contributed by atoms with van der Waals surface area (Å²) in [4.78, 5) is 13.5. The molecular weight excluding hydrogens is 230 g/mol. The molecule has 0 aromatic rings. The predicted octanol–water partition coefficient (Wildman–Crippen LogP) is 1.44. The van der Waals surface area contributed by atoms with Crippen molar-refractivity contribution >= 4 is 6.09 Å². The number of amides is 1. The third-order valence-corrected chi connectivity index (χ3v) is 2.16. The van der Waals surface area contributed by atoms with Gasteiger partial charge in [-0.05, 0) is 67.3 Å². The number of nitrogens with one attached hydrogen (secondary N) is 2. The van der Waals surface area contributed by atoms with Crippen LogP contribution in [0.25, 0.3) is 0 Å². The number of hydrogen-bond donors (Lipinski definition) is 2. The standard InChI is InChI=1S/C13H29N3O2/c1-13(2,3)18-12(17)15-10-6-8-14-9-7-11-16(4)5/h14H,6-11H2,1-5H3,(H,15,17). The minimum Gasteiger partial charge on any atom is -0.444 e. The van der Waals surface area contributed by atoms with Gasteiger partial charge < -0.3 is 20.3 Å². The maximum atomic E-state index is 11.3. The van der Waals surface area contributed by atoms with Crippen LogP contribution in [0.1, 0.15) is 33.6 Å². The van der Waals surface area contributed by atoms with Crippen molar-refractivity contribution in [2.45, 2.75) is 39.2 Å². The molecule has 5 nitrogen and oxygen atoms in total. The Labute approximate surface area is 111 Å². The maximum absolute atomic E-state index is 11.3. The smallest absolute Gasteiger partial charge is 0.407 e. The van der Waals surface area contributed by atoms with Gasteiger partial charge in [0.15, 0.2) is 0 Å². The Balaban J connectivity index is 3.28. The molecule has 0 saturated carbocycles. The van der Waals surface area contributed by atoms with Gasteiger partial charge in [-0.25, -0.2) is 4.79 Å². The highest BCUT2D eigenvalue weighted by atomic mass is 16.6. The van der Waals surface area contributed by atoms with Crippen LogP contribution in [0.3, 0.4) is 0 Å². The number of nitrogens with zero attached hydrogens (tertiary/aromatic N) is 1. The zero-order valence-corrected chi connectivity index (χ0v) is 12.5. The van der Waals surface area contributed by atoms with Crippen LogP contribution in [0.2, 0.25) is 0 Å². The van der Waals surface area contributed by atoms with E-state index in [1.54, 1.807) is 0 Å². The molecular formula is C13H29N3O2. The lowest BCUT2D eigenvalue weighted by Gasteiger charge is -2.19. The molecule has 0 rings (SSSR count). The Morgan fingerprint density at radius 2 is 1.72 bits per heavy atom. The van der Waals surface area contributed by atoms with E-state index in [0.29, 0.717) is 6.54 Å². The maximum Gasteiger partial charge on any atom is 0.407 e. The van der Waals surface area contributed by atoms with Crippen molar-refractivity contribution in [2.75, 3.05) is 40.3 Å². The van der Waals surface area contributed by atoms with Gasteiger partial charge in [0.2, 0.25) is 0 Å². The Morgan fingerprint density at radius 3 is 2.28 bits per heavy atom. The summed E-state index contributed by atoms with van der Waals surface area (Å²) in [5, 5.41) is 6.08. The van der Waals surface area contributed by atoms with Gasteiger partial charge in [-0.3, -0.25) is 0 Å². The molecule has 0 fully saturated rings. The lowest BCUT2D eigenvalue weighted by atomic mass is 10.2. The van der Waals surface area contributed by atoms with Crippen molar-refractivity contribution in [1.29, 1.82) is 0 Å². The Morgan fingerprint density at radius 1 is 1.11 bits per heavy atom. The second kappa shape index (κ2) is 9.16. The predicted molar refractivity (Wildman–Crippen MR) is 74.9 cm³/mol. The number of alkyl carbamates (subject to hydrolysis) is 1. The Hall–Kier alpha value is -0.810. The van der Waals surface area contributed by atoms with Gasteiger partial charge in [0.05, 0.1) is 0 Å². The first kappa shape index (κ1) is 17.2. The van der Waals surface area contributed by atoms with E-state index in [9.17, 15) is 4.79 Å². The summed E-state index contributed by atoms with van der Waals surface area (Å²) in [7, 11) is 4.15. The third-order valence-electron chi connectivity index (χ3n) is 2.16. The minimum atomic E-state index is -0.422. The molecule has 0 saturated heterocycles. The van der Waals surface area contributed by atoms with Gasteiger partial charge in [-0.1, -0.05) is 0 Å². The molecule has 18 heavy (non-hydrogen) atoms. The molecule has 0 bridgehead atoms. The van der Waals surface area contributed by atoms with Gasteiger partial charge in [0.1, 0.15) is 5.60 Å². The molecule has 0 aromatic heterocycles. The molecule has 0 aliphatic carbocycles. The largest absolute Gasteiger partial charge is 0.444 e. The molecule has 0 aliphatic rings. The van der Waals surface area contributed by atoms with E-state index in [-0.39, 0.29) is 6.09 Å². The average molecular weight is 259 g/mol. The molecule has 5 heteroatoms. The number of carbonyl (C=O) groups excluding carboxylic acids is 1. The zero-order valence-electron chi connectivity index (χ0n) is 12.5. The molecule has 108 valence electrons. The van der Waals surface area contributed by atoms with E-state index in [1.807, 2.05) is 20.8 Å². The van der Waals surface area contributed by atoms with Gasteiger partial charge in [0.25, 0.3) is 0 Å². The van der Waals surface area contributed by atoms with E-state index in [1.165, 1.54) is 0 Å². The van der Waals surface area contributed by atoms with Gasteiger partial charge >= 0.3 is 6.09 Å². The summed E-state index contributed by atoms with van der Waals surface area (Å²) in [5.41, 5.74) is -0.422.